The predicted octanol–water partition coefficient (Wildman–Crippen LogP) is 2.21. The van der Waals surface area contributed by atoms with E-state index in [1.54, 1.807) is 0 Å². The average Bonchev–Trinajstić information content (AvgIpc) is 2.19. The summed E-state index contributed by atoms with van der Waals surface area (Å²) < 4.78 is 0. The Morgan fingerprint density at radius 1 is 1.36 bits per heavy atom. The molecule has 0 heterocycles. The first-order valence-electron chi connectivity index (χ1n) is 4.85. The van der Waals surface area contributed by atoms with Gasteiger partial charge in [0.2, 0.25) is 0 Å². The molecule has 1 atom stereocenters. The van der Waals surface area contributed by atoms with Gasteiger partial charge in [-0.3, -0.25) is 0 Å². The molecule has 78 valence electrons. The fraction of sp³-hybridized carbons (Fsp3) is 0.455. The molecule has 2 N–H and O–H groups in total. The van der Waals surface area contributed by atoms with Crippen LogP contribution in [0.4, 0.5) is 0 Å². The Hall–Kier alpha value is -0.570. The normalized spacial score (nSPS) is 12.8. The van der Waals surface area contributed by atoms with Gasteiger partial charge in [-0.25, -0.2) is 0 Å². The molecule has 0 saturated heterocycles. The van der Waals surface area contributed by atoms with Gasteiger partial charge in [-0.15, -0.1) is 0 Å². The van der Waals surface area contributed by atoms with E-state index in [2.05, 4.69) is 16.7 Å². The number of rotatable bonds is 5. The molecule has 0 saturated carbocycles. The molecule has 1 rings (SSSR count). The Balaban J connectivity index is 2.68. The Morgan fingerprint density at radius 3 is 2.71 bits per heavy atom. The SMILES string of the molecule is CNCCC(NC)c1cccc(Cl)c1. The molecule has 0 radical (unpaired) electrons. The minimum Gasteiger partial charge on any atom is -0.320 e. The van der Waals surface area contributed by atoms with E-state index in [1.165, 1.54) is 5.56 Å². The van der Waals surface area contributed by atoms with Gasteiger partial charge in [0.05, 0.1) is 0 Å². The quantitative estimate of drug-likeness (QED) is 0.782. The van der Waals surface area contributed by atoms with Crippen LogP contribution in [0.5, 0.6) is 0 Å². The molecule has 0 spiro atoms. The molecule has 1 aromatic rings. The van der Waals surface area contributed by atoms with E-state index in [9.17, 15) is 0 Å². The van der Waals surface area contributed by atoms with Crippen LogP contribution in [0.3, 0.4) is 0 Å². The van der Waals surface area contributed by atoms with Crippen molar-refractivity contribution < 1.29 is 0 Å². The summed E-state index contributed by atoms with van der Waals surface area (Å²) in [5.41, 5.74) is 1.25. The van der Waals surface area contributed by atoms with Crippen LogP contribution >= 0.6 is 11.6 Å². The zero-order valence-corrected chi connectivity index (χ0v) is 9.43. The summed E-state index contributed by atoms with van der Waals surface area (Å²) in [6, 6.07) is 8.37. The molecule has 1 unspecified atom stereocenters. The summed E-state index contributed by atoms with van der Waals surface area (Å²) >= 11 is 5.94. The second-order valence-electron chi connectivity index (χ2n) is 3.29. The van der Waals surface area contributed by atoms with Gasteiger partial charge in [-0.05, 0) is 44.8 Å². The molecular formula is C11H17ClN2. The van der Waals surface area contributed by atoms with E-state index in [4.69, 9.17) is 11.6 Å². The standard InChI is InChI=1S/C11H17ClN2/c1-13-7-6-11(14-2)9-4-3-5-10(12)8-9/h3-5,8,11,13-14H,6-7H2,1-2H3. The van der Waals surface area contributed by atoms with Crippen LogP contribution in [0.1, 0.15) is 18.0 Å². The first-order valence-corrected chi connectivity index (χ1v) is 5.23. The highest BCUT2D eigenvalue weighted by molar-refractivity contribution is 6.30. The van der Waals surface area contributed by atoms with Crippen molar-refractivity contribution in [1.82, 2.24) is 10.6 Å². The van der Waals surface area contributed by atoms with Gasteiger partial charge in [0.15, 0.2) is 0 Å². The van der Waals surface area contributed by atoms with Gasteiger partial charge in [0.1, 0.15) is 0 Å². The molecule has 0 bridgehead atoms. The summed E-state index contributed by atoms with van der Waals surface area (Å²) in [6.07, 6.45) is 1.06. The monoisotopic (exact) mass is 212 g/mol. The van der Waals surface area contributed by atoms with Crippen LogP contribution in [0.2, 0.25) is 5.02 Å². The van der Waals surface area contributed by atoms with Crippen molar-refractivity contribution in [2.75, 3.05) is 20.6 Å². The minimum absolute atomic E-state index is 0.376. The van der Waals surface area contributed by atoms with Gasteiger partial charge in [0, 0.05) is 11.1 Å². The van der Waals surface area contributed by atoms with Crippen molar-refractivity contribution in [1.29, 1.82) is 0 Å². The Morgan fingerprint density at radius 2 is 2.14 bits per heavy atom. The fourth-order valence-electron chi connectivity index (χ4n) is 1.49. The Kier molecular flexibility index (Phi) is 4.94. The van der Waals surface area contributed by atoms with Crippen molar-refractivity contribution in [3.05, 3.63) is 34.9 Å². The van der Waals surface area contributed by atoms with Gasteiger partial charge >= 0.3 is 0 Å². The largest absolute Gasteiger partial charge is 0.320 e. The molecule has 0 aliphatic rings. The molecule has 14 heavy (non-hydrogen) atoms. The van der Waals surface area contributed by atoms with Crippen molar-refractivity contribution in [3.63, 3.8) is 0 Å². The lowest BCUT2D eigenvalue weighted by atomic mass is 10.0. The maximum atomic E-state index is 5.94. The molecule has 0 aliphatic carbocycles. The van der Waals surface area contributed by atoms with E-state index in [1.807, 2.05) is 32.3 Å². The van der Waals surface area contributed by atoms with Crippen LogP contribution in [-0.4, -0.2) is 20.6 Å². The molecule has 1 aromatic carbocycles. The summed E-state index contributed by atoms with van der Waals surface area (Å²) in [4.78, 5) is 0. The van der Waals surface area contributed by atoms with Crippen LogP contribution < -0.4 is 10.6 Å². The highest BCUT2D eigenvalue weighted by atomic mass is 35.5. The van der Waals surface area contributed by atoms with Crippen molar-refractivity contribution in [2.24, 2.45) is 0 Å². The maximum Gasteiger partial charge on any atom is 0.0409 e. The van der Waals surface area contributed by atoms with Gasteiger partial charge < -0.3 is 10.6 Å². The topological polar surface area (TPSA) is 24.1 Å². The van der Waals surface area contributed by atoms with Crippen molar-refractivity contribution in [2.45, 2.75) is 12.5 Å². The second kappa shape index (κ2) is 6.02. The summed E-state index contributed by atoms with van der Waals surface area (Å²) in [7, 11) is 3.94. The third-order valence-corrected chi connectivity index (χ3v) is 2.52. The van der Waals surface area contributed by atoms with Crippen LogP contribution in [0, 0.1) is 0 Å². The van der Waals surface area contributed by atoms with E-state index < -0.39 is 0 Å². The minimum atomic E-state index is 0.376. The summed E-state index contributed by atoms with van der Waals surface area (Å²) in [6.45, 7) is 0.998. The predicted molar refractivity (Wildman–Crippen MR) is 61.8 cm³/mol. The molecule has 0 aromatic heterocycles. The summed E-state index contributed by atoms with van der Waals surface area (Å²) in [5, 5.41) is 7.22. The zero-order valence-electron chi connectivity index (χ0n) is 8.68. The van der Waals surface area contributed by atoms with Gasteiger partial charge in [0.25, 0.3) is 0 Å². The number of nitrogens with one attached hydrogen (secondary N) is 2. The lowest BCUT2D eigenvalue weighted by Crippen LogP contribution is -2.21. The van der Waals surface area contributed by atoms with E-state index in [0.29, 0.717) is 6.04 Å². The molecule has 2 nitrogen and oxygen atoms in total. The number of benzene rings is 1. The van der Waals surface area contributed by atoms with E-state index in [-0.39, 0.29) is 0 Å². The summed E-state index contributed by atoms with van der Waals surface area (Å²) in [5.74, 6) is 0. The Labute approximate surface area is 90.7 Å². The van der Waals surface area contributed by atoms with E-state index in [0.717, 1.165) is 18.0 Å². The number of hydrogen-bond donors (Lipinski definition) is 2. The van der Waals surface area contributed by atoms with Crippen molar-refractivity contribution in [3.8, 4) is 0 Å². The fourth-order valence-corrected chi connectivity index (χ4v) is 1.69. The Bertz CT molecular complexity index is 276. The maximum absolute atomic E-state index is 5.94. The van der Waals surface area contributed by atoms with Gasteiger partial charge in [-0.2, -0.15) is 0 Å². The highest BCUT2D eigenvalue weighted by Gasteiger charge is 2.07. The smallest absolute Gasteiger partial charge is 0.0409 e. The first-order chi connectivity index (χ1) is 6.77. The molecule has 3 heteroatoms. The van der Waals surface area contributed by atoms with Gasteiger partial charge in [-0.1, -0.05) is 23.7 Å². The third-order valence-electron chi connectivity index (χ3n) is 2.28. The zero-order chi connectivity index (χ0) is 10.4. The highest BCUT2D eigenvalue weighted by Crippen LogP contribution is 2.19. The van der Waals surface area contributed by atoms with Crippen LogP contribution in [0.25, 0.3) is 0 Å². The van der Waals surface area contributed by atoms with E-state index >= 15 is 0 Å². The average molecular weight is 213 g/mol. The number of halogens is 1. The second-order valence-corrected chi connectivity index (χ2v) is 3.72. The molecule has 0 amide bonds. The molecular weight excluding hydrogens is 196 g/mol. The molecule has 0 aliphatic heterocycles. The molecule has 0 fully saturated rings. The first kappa shape index (κ1) is 11.5. The number of hydrogen-bond acceptors (Lipinski definition) is 2. The van der Waals surface area contributed by atoms with Crippen LogP contribution in [-0.2, 0) is 0 Å². The third kappa shape index (κ3) is 3.29. The van der Waals surface area contributed by atoms with Crippen LogP contribution in [0.15, 0.2) is 24.3 Å². The van der Waals surface area contributed by atoms with Crippen molar-refractivity contribution >= 4 is 11.6 Å². The lowest BCUT2D eigenvalue weighted by Gasteiger charge is -2.16. The lowest BCUT2D eigenvalue weighted by molar-refractivity contribution is 0.533.